The first-order valence-electron chi connectivity index (χ1n) is 5.85. The number of nitrogens with zero attached hydrogens (tertiary/aromatic N) is 3. The molecule has 1 aliphatic rings. The Kier molecular flexibility index (Phi) is 3.65. The van der Waals surface area contributed by atoms with Gasteiger partial charge in [-0.15, -0.1) is 0 Å². The normalized spacial score (nSPS) is 21.5. The maximum Gasteiger partial charge on any atom is 0.205 e. The van der Waals surface area contributed by atoms with Crippen molar-refractivity contribution in [2.45, 2.75) is 38.4 Å². The van der Waals surface area contributed by atoms with Gasteiger partial charge in [-0.1, -0.05) is 0 Å². The van der Waals surface area contributed by atoms with Crippen molar-refractivity contribution in [1.29, 1.82) is 0 Å². The summed E-state index contributed by atoms with van der Waals surface area (Å²) in [6.45, 7) is 5.50. The number of rotatable bonds is 3. The molecule has 2 heterocycles. The monoisotopic (exact) mass is 257 g/mol. The van der Waals surface area contributed by atoms with Crippen LogP contribution in [0.4, 0.5) is 5.13 Å². The fourth-order valence-electron chi connectivity index (χ4n) is 1.81. The van der Waals surface area contributed by atoms with Gasteiger partial charge in [-0.05, 0) is 26.7 Å². The summed E-state index contributed by atoms with van der Waals surface area (Å²) in [4.78, 5) is 6.66. The Bertz CT molecular complexity index is 371. The van der Waals surface area contributed by atoms with Gasteiger partial charge in [-0.2, -0.15) is 4.37 Å². The molecule has 1 aromatic rings. The van der Waals surface area contributed by atoms with Gasteiger partial charge in [0.25, 0.3) is 0 Å². The minimum atomic E-state index is -0.524. The molecule has 5 nitrogen and oxygen atoms in total. The number of aromatic nitrogens is 2. The van der Waals surface area contributed by atoms with Gasteiger partial charge in [0.15, 0.2) is 5.82 Å². The second kappa shape index (κ2) is 4.88. The lowest BCUT2D eigenvalue weighted by atomic mass is 9.94. The topological polar surface area (TPSA) is 58.5 Å². The lowest BCUT2D eigenvalue weighted by Gasteiger charge is -2.35. The highest BCUT2D eigenvalue weighted by atomic mass is 32.1. The highest BCUT2D eigenvalue weighted by Gasteiger charge is 2.29. The van der Waals surface area contributed by atoms with Crippen molar-refractivity contribution in [3.05, 3.63) is 5.82 Å². The van der Waals surface area contributed by atoms with Crippen molar-refractivity contribution in [2.24, 2.45) is 0 Å². The maximum atomic E-state index is 9.89. The summed E-state index contributed by atoms with van der Waals surface area (Å²) in [5.41, 5.74) is -0.524. The molecule has 0 amide bonds. The molecule has 17 heavy (non-hydrogen) atoms. The minimum absolute atomic E-state index is 0.0621. The molecule has 0 radical (unpaired) electrons. The summed E-state index contributed by atoms with van der Waals surface area (Å²) in [5.74, 6) is 0.741. The van der Waals surface area contributed by atoms with Crippen LogP contribution >= 0.6 is 11.5 Å². The zero-order valence-electron chi connectivity index (χ0n) is 10.5. The number of hydrogen-bond donors (Lipinski definition) is 1. The molecule has 1 fully saturated rings. The first kappa shape index (κ1) is 12.7. The number of aliphatic hydroxyl groups is 1. The summed E-state index contributed by atoms with van der Waals surface area (Å²) < 4.78 is 9.49. The van der Waals surface area contributed by atoms with Crippen molar-refractivity contribution in [3.63, 3.8) is 0 Å². The predicted molar refractivity (Wildman–Crippen MR) is 67.4 cm³/mol. The van der Waals surface area contributed by atoms with E-state index in [1.54, 1.807) is 7.11 Å². The van der Waals surface area contributed by atoms with Crippen LogP contribution in [0, 0.1) is 0 Å². The molecule has 0 saturated carbocycles. The average molecular weight is 257 g/mol. The van der Waals surface area contributed by atoms with Gasteiger partial charge >= 0.3 is 0 Å². The van der Waals surface area contributed by atoms with E-state index in [1.807, 2.05) is 13.8 Å². The molecule has 0 aromatic carbocycles. The van der Waals surface area contributed by atoms with E-state index in [2.05, 4.69) is 14.3 Å². The van der Waals surface area contributed by atoms with Crippen LogP contribution in [0.25, 0.3) is 0 Å². The first-order valence-corrected chi connectivity index (χ1v) is 6.63. The second-order valence-corrected chi connectivity index (χ2v) is 5.53. The van der Waals surface area contributed by atoms with Gasteiger partial charge in [-0.3, -0.25) is 0 Å². The standard InChI is InChI=1S/C11H19N3O2S/c1-8(16-3)9-12-10(17-13-9)14-6-4-11(2,15)5-7-14/h8,15H,4-7H2,1-3H3. The van der Waals surface area contributed by atoms with E-state index in [0.29, 0.717) is 0 Å². The zero-order valence-corrected chi connectivity index (χ0v) is 11.3. The van der Waals surface area contributed by atoms with Gasteiger partial charge in [0, 0.05) is 31.7 Å². The molecule has 0 spiro atoms. The van der Waals surface area contributed by atoms with Gasteiger partial charge in [0.1, 0.15) is 6.10 Å². The molecular formula is C11H19N3O2S. The zero-order chi connectivity index (χ0) is 12.5. The van der Waals surface area contributed by atoms with E-state index < -0.39 is 5.60 Å². The van der Waals surface area contributed by atoms with Crippen molar-refractivity contribution >= 4 is 16.7 Å². The van der Waals surface area contributed by atoms with Crippen molar-refractivity contribution < 1.29 is 9.84 Å². The molecule has 1 aliphatic heterocycles. The van der Waals surface area contributed by atoms with Gasteiger partial charge in [0.2, 0.25) is 5.13 Å². The number of ether oxygens (including phenoxy) is 1. The Morgan fingerprint density at radius 2 is 2.12 bits per heavy atom. The molecule has 1 unspecified atom stereocenters. The quantitative estimate of drug-likeness (QED) is 0.891. The Morgan fingerprint density at radius 1 is 1.47 bits per heavy atom. The van der Waals surface area contributed by atoms with Crippen LogP contribution < -0.4 is 4.90 Å². The molecule has 2 rings (SSSR count). The third kappa shape index (κ3) is 2.94. The summed E-state index contributed by atoms with van der Waals surface area (Å²) in [5, 5.41) is 10.8. The lowest BCUT2D eigenvalue weighted by Crippen LogP contribution is -2.42. The number of anilines is 1. The van der Waals surface area contributed by atoms with Gasteiger partial charge in [-0.25, -0.2) is 4.98 Å². The SMILES string of the molecule is COC(C)c1nsc(N2CCC(C)(O)CC2)n1. The van der Waals surface area contributed by atoms with Crippen LogP contribution in [0.2, 0.25) is 0 Å². The molecule has 1 atom stereocenters. The first-order chi connectivity index (χ1) is 8.02. The third-order valence-electron chi connectivity index (χ3n) is 3.26. The van der Waals surface area contributed by atoms with Crippen LogP contribution in [0.5, 0.6) is 0 Å². The highest BCUT2D eigenvalue weighted by Crippen LogP contribution is 2.28. The number of methoxy groups -OCH3 is 1. The molecule has 1 saturated heterocycles. The minimum Gasteiger partial charge on any atom is -0.390 e. The number of hydrogen-bond acceptors (Lipinski definition) is 6. The second-order valence-electron chi connectivity index (χ2n) is 4.80. The smallest absolute Gasteiger partial charge is 0.205 e. The van der Waals surface area contributed by atoms with Crippen LogP contribution in [0.3, 0.4) is 0 Å². The summed E-state index contributed by atoms with van der Waals surface area (Å²) in [6.07, 6.45) is 1.50. The molecule has 96 valence electrons. The lowest BCUT2D eigenvalue weighted by molar-refractivity contribution is 0.0351. The number of piperidine rings is 1. The Labute approximate surface area is 106 Å². The van der Waals surface area contributed by atoms with Crippen molar-refractivity contribution in [3.8, 4) is 0 Å². The Hall–Kier alpha value is -0.720. The fraction of sp³-hybridized carbons (Fsp3) is 0.818. The van der Waals surface area contributed by atoms with Gasteiger partial charge in [0.05, 0.1) is 5.60 Å². The van der Waals surface area contributed by atoms with E-state index in [0.717, 1.165) is 36.9 Å². The maximum absolute atomic E-state index is 9.89. The molecule has 0 aliphatic carbocycles. The van der Waals surface area contributed by atoms with Gasteiger partial charge < -0.3 is 14.7 Å². The van der Waals surface area contributed by atoms with Crippen LogP contribution in [0.15, 0.2) is 0 Å². The summed E-state index contributed by atoms with van der Waals surface area (Å²) in [6, 6.07) is 0. The fourth-order valence-corrected chi connectivity index (χ4v) is 2.60. The van der Waals surface area contributed by atoms with E-state index >= 15 is 0 Å². The summed E-state index contributed by atoms with van der Waals surface area (Å²) in [7, 11) is 1.66. The largest absolute Gasteiger partial charge is 0.390 e. The molecule has 1 aromatic heterocycles. The van der Waals surface area contributed by atoms with Crippen LogP contribution in [-0.2, 0) is 4.74 Å². The molecule has 6 heteroatoms. The summed E-state index contributed by atoms with van der Waals surface area (Å²) >= 11 is 1.40. The Balaban J connectivity index is 2.01. The van der Waals surface area contributed by atoms with E-state index in [4.69, 9.17) is 4.74 Å². The van der Waals surface area contributed by atoms with Crippen molar-refractivity contribution in [1.82, 2.24) is 9.36 Å². The molecule has 0 bridgehead atoms. The average Bonchev–Trinajstić information content (AvgIpc) is 2.77. The molecule has 1 N–H and O–H groups in total. The van der Waals surface area contributed by atoms with E-state index in [-0.39, 0.29) is 6.10 Å². The van der Waals surface area contributed by atoms with Crippen LogP contribution in [0.1, 0.15) is 38.6 Å². The van der Waals surface area contributed by atoms with E-state index in [9.17, 15) is 5.11 Å². The van der Waals surface area contributed by atoms with Crippen LogP contribution in [-0.4, -0.2) is 40.3 Å². The Morgan fingerprint density at radius 3 is 2.71 bits per heavy atom. The highest BCUT2D eigenvalue weighted by molar-refractivity contribution is 7.09. The molecular weight excluding hydrogens is 238 g/mol. The predicted octanol–water partition coefficient (Wildman–Crippen LogP) is 1.60. The van der Waals surface area contributed by atoms with E-state index in [1.165, 1.54) is 11.5 Å². The third-order valence-corrected chi connectivity index (χ3v) is 4.05. The van der Waals surface area contributed by atoms with Crippen molar-refractivity contribution in [2.75, 3.05) is 25.1 Å².